The van der Waals surface area contributed by atoms with Crippen molar-refractivity contribution in [1.29, 1.82) is 0 Å². The Hall–Kier alpha value is -0.910. The Kier molecular flexibility index (Phi) is 4.28. The Morgan fingerprint density at radius 1 is 1.26 bits per heavy atom. The quantitative estimate of drug-likeness (QED) is 0.616. The van der Waals surface area contributed by atoms with Gasteiger partial charge in [-0.05, 0) is 45.0 Å². The van der Waals surface area contributed by atoms with Crippen molar-refractivity contribution in [3.05, 3.63) is 40.5 Å². The first-order valence-corrected chi connectivity index (χ1v) is 7.78. The third-order valence-electron chi connectivity index (χ3n) is 2.48. The SMILES string of the molecule is CC(C)(C)[S+]([O-])/N=C\c1ccc2cc(Br)ccc2n1. The monoisotopic (exact) mass is 338 g/mol. The van der Waals surface area contributed by atoms with Crippen LogP contribution in [0.4, 0.5) is 0 Å². The van der Waals surface area contributed by atoms with E-state index in [4.69, 9.17) is 0 Å². The van der Waals surface area contributed by atoms with Gasteiger partial charge < -0.3 is 4.55 Å². The summed E-state index contributed by atoms with van der Waals surface area (Å²) >= 11 is 2.17. The maximum Gasteiger partial charge on any atom is 0.144 e. The molecule has 3 nitrogen and oxygen atoms in total. The molecule has 19 heavy (non-hydrogen) atoms. The third kappa shape index (κ3) is 3.78. The summed E-state index contributed by atoms with van der Waals surface area (Å²) in [6.45, 7) is 5.68. The zero-order chi connectivity index (χ0) is 14.0. The second-order valence-corrected chi connectivity index (χ2v) is 8.02. The first-order valence-electron chi connectivity index (χ1n) is 5.89. The average molecular weight is 339 g/mol. The maximum absolute atomic E-state index is 11.8. The number of hydrogen-bond donors (Lipinski definition) is 0. The fourth-order valence-corrected chi connectivity index (χ4v) is 2.34. The van der Waals surface area contributed by atoms with Crippen LogP contribution in [0.1, 0.15) is 26.5 Å². The summed E-state index contributed by atoms with van der Waals surface area (Å²) in [7, 11) is 0. The van der Waals surface area contributed by atoms with E-state index in [-0.39, 0.29) is 4.75 Å². The van der Waals surface area contributed by atoms with Gasteiger partial charge in [0, 0.05) is 9.86 Å². The van der Waals surface area contributed by atoms with E-state index in [1.165, 1.54) is 0 Å². The fraction of sp³-hybridized carbons (Fsp3) is 0.286. The van der Waals surface area contributed by atoms with E-state index in [0.29, 0.717) is 5.69 Å². The summed E-state index contributed by atoms with van der Waals surface area (Å²) < 4.78 is 16.6. The van der Waals surface area contributed by atoms with Crippen molar-refractivity contribution in [3.8, 4) is 0 Å². The van der Waals surface area contributed by atoms with E-state index in [1.807, 2.05) is 51.1 Å². The smallest absolute Gasteiger partial charge is 0.144 e. The van der Waals surface area contributed by atoms with Crippen LogP contribution in [0, 0.1) is 0 Å². The normalized spacial score (nSPS) is 14.2. The lowest BCUT2D eigenvalue weighted by atomic mass is 10.2. The van der Waals surface area contributed by atoms with E-state index in [2.05, 4.69) is 25.3 Å². The van der Waals surface area contributed by atoms with Gasteiger partial charge in [-0.25, -0.2) is 4.98 Å². The second kappa shape index (κ2) is 5.61. The average Bonchev–Trinajstić information content (AvgIpc) is 2.34. The molecule has 2 rings (SSSR count). The van der Waals surface area contributed by atoms with Gasteiger partial charge in [0.15, 0.2) is 0 Å². The number of hydrogen-bond acceptors (Lipinski definition) is 3. The molecule has 1 heterocycles. The molecule has 1 unspecified atom stereocenters. The van der Waals surface area contributed by atoms with Crippen molar-refractivity contribution in [2.45, 2.75) is 25.5 Å². The van der Waals surface area contributed by atoms with Gasteiger partial charge in [0.05, 0.1) is 11.2 Å². The van der Waals surface area contributed by atoms with Crippen LogP contribution in [-0.4, -0.2) is 20.5 Å². The Morgan fingerprint density at radius 2 is 2.00 bits per heavy atom. The molecule has 0 saturated carbocycles. The van der Waals surface area contributed by atoms with Crippen LogP contribution in [-0.2, 0) is 11.4 Å². The molecule has 0 fully saturated rings. The molecule has 0 N–H and O–H groups in total. The minimum absolute atomic E-state index is 0.349. The van der Waals surface area contributed by atoms with Crippen LogP contribution in [0.3, 0.4) is 0 Å². The van der Waals surface area contributed by atoms with Crippen molar-refractivity contribution < 1.29 is 4.55 Å². The van der Waals surface area contributed by atoms with Gasteiger partial charge >= 0.3 is 0 Å². The van der Waals surface area contributed by atoms with Crippen LogP contribution < -0.4 is 0 Å². The number of halogens is 1. The number of pyridine rings is 1. The molecule has 0 saturated heterocycles. The molecule has 0 aliphatic rings. The largest absolute Gasteiger partial charge is 0.591 e. The van der Waals surface area contributed by atoms with Gasteiger partial charge in [-0.3, -0.25) is 0 Å². The van der Waals surface area contributed by atoms with Crippen molar-refractivity contribution in [2.75, 3.05) is 0 Å². The van der Waals surface area contributed by atoms with Gasteiger partial charge in [-0.1, -0.05) is 26.4 Å². The molecule has 0 bridgehead atoms. The lowest BCUT2D eigenvalue weighted by Crippen LogP contribution is -2.25. The van der Waals surface area contributed by atoms with Crippen molar-refractivity contribution in [3.63, 3.8) is 0 Å². The lowest BCUT2D eigenvalue weighted by molar-refractivity contribution is 0.562. The first kappa shape index (κ1) is 14.5. The Labute approximate surface area is 124 Å². The molecule has 0 amide bonds. The highest BCUT2D eigenvalue weighted by Crippen LogP contribution is 2.19. The highest BCUT2D eigenvalue weighted by molar-refractivity contribution is 9.10. The summed E-state index contributed by atoms with van der Waals surface area (Å²) in [5, 5.41) is 1.06. The predicted octanol–water partition coefficient (Wildman–Crippen LogP) is 3.88. The summed E-state index contributed by atoms with van der Waals surface area (Å²) in [6.07, 6.45) is 1.57. The van der Waals surface area contributed by atoms with Crippen molar-refractivity contribution >= 4 is 44.4 Å². The van der Waals surface area contributed by atoms with E-state index < -0.39 is 11.4 Å². The number of nitrogens with zero attached hydrogens (tertiary/aromatic N) is 2. The van der Waals surface area contributed by atoms with Crippen LogP contribution >= 0.6 is 15.9 Å². The van der Waals surface area contributed by atoms with Gasteiger partial charge in [-0.2, -0.15) is 0 Å². The van der Waals surface area contributed by atoms with Crippen LogP contribution in [0.15, 0.2) is 39.2 Å². The summed E-state index contributed by atoms with van der Waals surface area (Å²) in [4.78, 5) is 4.47. The summed E-state index contributed by atoms with van der Waals surface area (Å²) in [5.41, 5.74) is 1.61. The zero-order valence-corrected chi connectivity index (χ0v) is 13.5. The van der Waals surface area contributed by atoms with Gasteiger partial charge in [0.2, 0.25) is 0 Å². The molecule has 5 heteroatoms. The number of benzene rings is 1. The molecular weight excluding hydrogens is 324 g/mol. The molecule has 1 aromatic carbocycles. The summed E-state index contributed by atoms with van der Waals surface area (Å²) in [6, 6.07) is 9.75. The van der Waals surface area contributed by atoms with Gasteiger partial charge in [0.25, 0.3) is 0 Å². The van der Waals surface area contributed by atoms with Crippen LogP contribution in [0.5, 0.6) is 0 Å². The number of fused-ring (bicyclic) bond motifs is 1. The Bertz CT molecular complexity index is 622. The zero-order valence-electron chi connectivity index (χ0n) is 11.1. The lowest BCUT2D eigenvalue weighted by Gasteiger charge is -2.17. The summed E-state index contributed by atoms with van der Waals surface area (Å²) in [5.74, 6) is 0. The molecule has 0 aliphatic heterocycles. The van der Waals surface area contributed by atoms with Gasteiger partial charge in [0.1, 0.15) is 22.3 Å². The third-order valence-corrected chi connectivity index (χ3v) is 4.32. The van der Waals surface area contributed by atoms with E-state index in [9.17, 15) is 4.55 Å². The molecule has 2 aromatic rings. The number of rotatable bonds is 2. The van der Waals surface area contributed by atoms with E-state index in [1.54, 1.807) is 6.21 Å². The van der Waals surface area contributed by atoms with Crippen LogP contribution in [0.25, 0.3) is 10.9 Å². The fourth-order valence-electron chi connectivity index (χ4n) is 1.44. The first-order chi connectivity index (χ1) is 8.86. The van der Waals surface area contributed by atoms with E-state index >= 15 is 0 Å². The second-order valence-electron chi connectivity index (χ2n) is 5.17. The molecule has 100 valence electrons. The topological polar surface area (TPSA) is 48.3 Å². The minimum atomic E-state index is -1.25. The molecule has 0 spiro atoms. The van der Waals surface area contributed by atoms with Crippen LogP contribution in [0.2, 0.25) is 0 Å². The molecule has 1 atom stereocenters. The maximum atomic E-state index is 11.8. The Morgan fingerprint density at radius 3 is 2.68 bits per heavy atom. The molecule has 0 aliphatic carbocycles. The molecule has 0 radical (unpaired) electrons. The number of aromatic nitrogens is 1. The predicted molar refractivity (Wildman–Crippen MR) is 84.9 cm³/mol. The Balaban J connectivity index is 2.27. The molecule has 1 aromatic heterocycles. The molecular formula is C14H15BrN2OS. The van der Waals surface area contributed by atoms with E-state index in [0.717, 1.165) is 15.4 Å². The highest BCUT2D eigenvalue weighted by Gasteiger charge is 2.25. The van der Waals surface area contributed by atoms with Crippen molar-refractivity contribution in [2.24, 2.45) is 4.40 Å². The van der Waals surface area contributed by atoms with Crippen molar-refractivity contribution in [1.82, 2.24) is 4.98 Å². The highest BCUT2D eigenvalue weighted by atomic mass is 79.9. The van der Waals surface area contributed by atoms with Gasteiger partial charge in [-0.15, -0.1) is 0 Å². The standard InChI is InChI=1S/C14H15BrN2OS/c1-14(2,3)19(18)16-9-12-6-4-10-8-11(15)5-7-13(10)17-12/h4-9H,1-3H3/b16-9-. The minimum Gasteiger partial charge on any atom is -0.591 e.